The first kappa shape index (κ1) is 19.1. The van der Waals surface area contributed by atoms with E-state index >= 15 is 0 Å². The summed E-state index contributed by atoms with van der Waals surface area (Å²) in [6, 6.07) is 16.0. The van der Waals surface area contributed by atoms with E-state index in [4.69, 9.17) is 20.5 Å². The molecule has 2 aromatic carbocycles. The van der Waals surface area contributed by atoms with Gasteiger partial charge in [-0.3, -0.25) is 14.5 Å². The van der Waals surface area contributed by atoms with Crippen molar-refractivity contribution in [2.75, 3.05) is 4.90 Å². The number of ketones is 1. The largest absolute Gasteiger partial charge is 0.503 e. The molecular formula is C23H15ClN2O5. The fraction of sp³-hybridized carbons (Fsp3) is 0.0870. The summed E-state index contributed by atoms with van der Waals surface area (Å²) in [5.74, 6) is -1.33. The number of carbonyl (C=O) groups is 2. The van der Waals surface area contributed by atoms with Crippen LogP contribution in [0.25, 0.3) is 11.0 Å². The summed E-state index contributed by atoms with van der Waals surface area (Å²) < 4.78 is 10.8. The Labute approximate surface area is 181 Å². The molecule has 8 heteroatoms. The third-order valence-corrected chi connectivity index (χ3v) is 5.40. The lowest BCUT2D eigenvalue weighted by molar-refractivity contribution is -0.117. The number of rotatable bonds is 4. The lowest BCUT2D eigenvalue weighted by Gasteiger charge is -2.24. The predicted octanol–water partition coefficient (Wildman–Crippen LogP) is 5.17. The summed E-state index contributed by atoms with van der Waals surface area (Å²) in [7, 11) is 0. The highest BCUT2D eigenvalue weighted by Crippen LogP contribution is 2.42. The van der Waals surface area contributed by atoms with E-state index in [0.29, 0.717) is 21.9 Å². The molecule has 7 nitrogen and oxygen atoms in total. The molecular weight excluding hydrogens is 420 g/mol. The molecule has 2 aromatic heterocycles. The molecule has 154 valence electrons. The Hall–Kier alpha value is -3.84. The van der Waals surface area contributed by atoms with Crippen LogP contribution in [0.1, 0.15) is 27.9 Å². The molecule has 0 radical (unpaired) electrons. The summed E-state index contributed by atoms with van der Waals surface area (Å²) in [5, 5.41) is 15.9. The molecule has 5 rings (SSSR count). The van der Waals surface area contributed by atoms with Gasteiger partial charge in [-0.1, -0.05) is 47.1 Å². The van der Waals surface area contributed by atoms with Crippen molar-refractivity contribution >= 4 is 40.1 Å². The van der Waals surface area contributed by atoms with Crippen molar-refractivity contribution in [3.05, 3.63) is 94.1 Å². The minimum absolute atomic E-state index is 0.0210. The van der Waals surface area contributed by atoms with Crippen molar-refractivity contribution in [1.82, 2.24) is 5.16 Å². The van der Waals surface area contributed by atoms with Crippen molar-refractivity contribution in [1.29, 1.82) is 0 Å². The summed E-state index contributed by atoms with van der Waals surface area (Å²) in [6.45, 7) is 1.68. The second-order valence-corrected chi connectivity index (χ2v) is 7.60. The number of aliphatic hydroxyl groups is 1. The molecule has 0 unspecified atom stereocenters. The van der Waals surface area contributed by atoms with Crippen LogP contribution >= 0.6 is 11.6 Å². The zero-order chi connectivity index (χ0) is 21.7. The average Bonchev–Trinajstić information content (AvgIpc) is 3.45. The molecule has 1 aliphatic heterocycles. The Kier molecular flexibility index (Phi) is 4.41. The SMILES string of the molecule is Cc1cc(N2C(=O)C(O)=C(C(=O)c3cc4ccccc4o3)[C@H]2c2ccc(Cl)cc2)no1. The minimum atomic E-state index is -0.935. The van der Waals surface area contributed by atoms with Gasteiger partial charge in [0.15, 0.2) is 17.3 Å². The summed E-state index contributed by atoms with van der Waals surface area (Å²) in [5.41, 5.74) is 0.997. The van der Waals surface area contributed by atoms with Gasteiger partial charge in [0.25, 0.3) is 5.91 Å². The van der Waals surface area contributed by atoms with Gasteiger partial charge in [-0.05, 0) is 36.8 Å². The van der Waals surface area contributed by atoms with Gasteiger partial charge < -0.3 is 14.0 Å². The van der Waals surface area contributed by atoms with Crippen molar-refractivity contribution in [2.24, 2.45) is 0 Å². The maximum atomic E-state index is 13.4. The summed E-state index contributed by atoms with van der Waals surface area (Å²) in [6.07, 6.45) is 0. The van der Waals surface area contributed by atoms with Crippen molar-refractivity contribution < 1.29 is 23.6 Å². The first-order chi connectivity index (χ1) is 14.9. The molecule has 31 heavy (non-hydrogen) atoms. The van der Waals surface area contributed by atoms with Crippen LogP contribution in [0, 0.1) is 6.92 Å². The smallest absolute Gasteiger partial charge is 0.295 e. The number of aliphatic hydroxyl groups excluding tert-OH is 1. The molecule has 0 spiro atoms. The average molecular weight is 435 g/mol. The van der Waals surface area contributed by atoms with Crippen LogP contribution in [-0.2, 0) is 4.79 Å². The Morgan fingerprint density at radius 1 is 1.13 bits per heavy atom. The summed E-state index contributed by atoms with van der Waals surface area (Å²) in [4.78, 5) is 27.7. The van der Waals surface area contributed by atoms with Crippen molar-refractivity contribution in [2.45, 2.75) is 13.0 Å². The highest BCUT2D eigenvalue weighted by atomic mass is 35.5. The molecule has 1 amide bonds. The number of hydrogen-bond acceptors (Lipinski definition) is 6. The molecule has 0 bridgehead atoms. The van der Waals surface area contributed by atoms with Gasteiger partial charge in [0.2, 0.25) is 5.78 Å². The van der Waals surface area contributed by atoms with E-state index in [1.54, 1.807) is 55.5 Å². The first-order valence-corrected chi connectivity index (χ1v) is 9.80. The zero-order valence-electron chi connectivity index (χ0n) is 16.2. The standard InChI is InChI=1S/C23H15ClN2O5/c1-12-10-18(25-31-12)26-20(13-6-8-15(24)9-7-13)19(22(28)23(26)29)21(27)17-11-14-4-2-3-5-16(14)30-17/h2-11,20,28H,1H3/t20-/m1/s1. The maximum absolute atomic E-state index is 13.4. The number of nitrogens with zero attached hydrogens (tertiary/aromatic N) is 2. The van der Waals surface area contributed by atoms with Crippen LogP contribution in [0.15, 0.2) is 80.9 Å². The zero-order valence-corrected chi connectivity index (χ0v) is 17.0. The van der Waals surface area contributed by atoms with E-state index in [1.807, 2.05) is 12.1 Å². The third kappa shape index (κ3) is 3.10. The monoisotopic (exact) mass is 434 g/mol. The highest BCUT2D eigenvalue weighted by Gasteiger charge is 2.46. The van der Waals surface area contributed by atoms with Gasteiger partial charge in [-0.2, -0.15) is 0 Å². The Balaban J connectivity index is 1.66. The molecule has 0 fully saturated rings. The number of hydrogen-bond donors (Lipinski definition) is 1. The number of aryl methyl sites for hydroxylation is 1. The fourth-order valence-electron chi connectivity index (χ4n) is 3.73. The number of furan rings is 1. The van der Waals surface area contributed by atoms with Crippen molar-refractivity contribution in [3.8, 4) is 0 Å². The lowest BCUT2D eigenvalue weighted by Crippen LogP contribution is -2.31. The molecule has 0 saturated heterocycles. The number of fused-ring (bicyclic) bond motifs is 1. The van der Waals surface area contributed by atoms with Crippen LogP contribution in [0.3, 0.4) is 0 Å². The summed E-state index contributed by atoms with van der Waals surface area (Å²) >= 11 is 6.02. The highest BCUT2D eigenvalue weighted by molar-refractivity contribution is 6.30. The van der Waals surface area contributed by atoms with Gasteiger partial charge in [0, 0.05) is 16.5 Å². The molecule has 0 saturated carbocycles. The van der Waals surface area contributed by atoms with Crippen LogP contribution in [0.4, 0.5) is 5.82 Å². The van der Waals surface area contributed by atoms with E-state index in [0.717, 1.165) is 5.39 Å². The Morgan fingerprint density at radius 3 is 2.55 bits per heavy atom. The molecule has 1 atom stereocenters. The number of amides is 1. The number of carbonyl (C=O) groups excluding carboxylic acids is 2. The van der Waals surface area contributed by atoms with E-state index in [9.17, 15) is 14.7 Å². The Morgan fingerprint density at radius 2 is 1.87 bits per heavy atom. The van der Waals surface area contributed by atoms with Crippen LogP contribution < -0.4 is 4.90 Å². The molecule has 0 aliphatic carbocycles. The Bertz CT molecular complexity index is 1330. The number of halogens is 1. The second kappa shape index (κ2) is 7.14. The molecule has 1 aliphatic rings. The van der Waals surface area contributed by atoms with Crippen molar-refractivity contribution in [3.63, 3.8) is 0 Å². The van der Waals surface area contributed by atoms with E-state index in [1.165, 1.54) is 4.90 Å². The number of anilines is 1. The fourth-order valence-corrected chi connectivity index (χ4v) is 3.85. The van der Waals surface area contributed by atoms with Gasteiger partial charge in [0.05, 0.1) is 11.6 Å². The topological polar surface area (TPSA) is 96.8 Å². The number of aromatic nitrogens is 1. The van der Waals surface area contributed by atoms with Gasteiger partial charge >= 0.3 is 0 Å². The van der Waals surface area contributed by atoms with E-state index in [2.05, 4.69) is 5.16 Å². The van der Waals surface area contributed by atoms with Gasteiger partial charge in [0.1, 0.15) is 11.3 Å². The number of Topliss-reactive ketones (excluding diaryl/α,β-unsaturated/α-hetero) is 1. The predicted molar refractivity (Wildman–Crippen MR) is 113 cm³/mol. The number of benzene rings is 2. The first-order valence-electron chi connectivity index (χ1n) is 9.43. The number of para-hydroxylation sites is 1. The third-order valence-electron chi connectivity index (χ3n) is 5.15. The van der Waals surface area contributed by atoms with E-state index < -0.39 is 23.5 Å². The van der Waals surface area contributed by atoms with Gasteiger partial charge in [-0.15, -0.1) is 0 Å². The van der Waals surface area contributed by atoms with Crippen LogP contribution in [-0.4, -0.2) is 22.0 Å². The van der Waals surface area contributed by atoms with E-state index in [-0.39, 0.29) is 17.2 Å². The second-order valence-electron chi connectivity index (χ2n) is 7.16. The lowest BCUT2D eigenvalue weighted by atomic mass is 9.95. The van der Waals surface area contributed by atoms with Crippen LogP contribution in [0.5, 0.6) is 0 Å². The minimum Gasteiger partial charge on any atom is -0.503 e. The molecule has 4 aromatic rings. The molecule has 3 heterocycles. The maximum Gasteiger partial charge on any atom is 0.295 e. The normalized spacial score (nSPS) is 16.5. The quantitative estimate of drug-likeness (QED) is 0.445. The van der Waals surface area contributed by atoms with Crippen LogP contribution in [0.2, 0.25) is 5.02 Å². The molecule has 1 N–H and O–H groups in total. The van der Waals surface area contributed by atoms with Gasteiger partial charge in [-0.25, -0.2) is 0 Å².